The predicted octanol–water partition coefficient (Wildman–Crippen LogP) is 4.57. The highest BCUT2D eigenvalue weighted by atomic mass is 79.9. The molecule has 112 valence electrons. The van der Waals surface area contributed by atoms with Gasteiger partial charge in [-0.05, 0) is 56.3 Å². The molecule has 1 aromatic rings. The summed E-state index contributed by atoms with van der Waals surface area (Å²) in [6.45, 7) is 3.23. The number of halogens is 1. The van der Waals surface area contributed by atoms with Crippen molar-refractivity contribution in [1.82, 2.24) is 5.32 Å². The third kappa shape index (κ3) is 3.76. The van der Waals surface area contributed by atoms with Crippen molar-refractivity contribution in [3.63, 3.8) is 0 Å². The lowest BCUT2D eigenvalue weighted by Crippen LogP contribution is -2.35. The van der Waals surface area contributed by atoms with Crippen LogP contribution in [0.2, 0.25) is 0 Å². The minimum absolute atomic E-state index is 0.708. The fraction of sp³-hybridized carbons (Fsp3) is 0.647. The molecular formula is C17H27BrN2. The zero-order valence-corrected chi connectivity index (χ0v) is 14.5. The minimum atomic E-state index is 0.708. The van der Waals surface area contributed by atoms with E-state index in [0.29, 0.717) is 6.04 Å². The van der Waals surface area contributed by atoms with Gasteiger partial charge in [-0.2, -0.15) is 0 Å². The number of benzene rings is 1. The van der Waals surface area contributed by atoms with Gasteiger partial charge in [0.2, 0.25) is 0 Å². The molecule has 1 aliphatic rings. The molecule has 1 aromatic carbocycles. The first-order valence-corrected chi connectivity index (χ1v) is 8.60. The number of nitrogens with one attached hydrogen (secondary N) is 1. The summed E-state index contributed by atoms with van der Waals surface area (Å²) in [5.74, 6) is 0.962. The Morgan fingerprint density at radius 3 is 2.50 bits per heavy atom. The Balaban J connectivity index is 2.02. The van der Waals surface area contributed by atoms with Crippen LogP contribution in [0, 0.1) is 5.92 Å². The van der Waals surface area contributed by atoms with Crippen molar-refractivity contribution < 1.29 is 0 Å². The van der Waals surface area contributed by atoms with Crippen LogP contribution in [0.5, 0.6) is 0 Å². The zero-order valence-electron chi connectivity index (χ0n) is 13.0. The zero-order chi connectivity index (χ0) is 14.5. The maximum absolute atomic E-state index is 3.69. The van der Waals surface area contributed by atoms with Crippen LogP contribution < -0.4 is 10.2 Å². The van der Waals surface area contributed by atoms with Crippen molar-refractivity contribution in [3.8, 4) is 0 Å². The van der Waals surface area contributed by atoms with Crippen LogP contribution in [-0.4, -0.2) is 20.1 Å². The average Bonchev–Trinajstić information content (AvgIpc) is 2.49. The summed E-state index contributed by atoms with van der Waals surface area (Å²) in [6, 6.07) is 7.45. The smallest absolute Gasteiger partial charge is 0.0377 e. The lowest BCUT2D eigenvalue weighted by atomic mass is 9.84. The first kappa shape index (κ1) is 15.8. The first-order chi connectivity index (χ1) is 9.65. The standard InChI is InChI=1S/C17H27BrN2/c1-4-13-5-8-15(9-6-13)20(3)16-10-7-14(12-19-2)17(18)11-16/h7,10-11,13,15,19H,4-6,8-9,12H2,1-3H3. The molecule has 0 heterocycles. The Labute approximate surface area is 132 Å². The Morgan fingerprint density at radius 1 is 1.25 bits per heavy atom. The van der Waals surface area contributed by atoms with E-state index in [1.54, 1.807) is 0 Å². The molecule has 0 unspecified atom stereocenters. The predicted molar refractivity (Wildman–Crippen MR) is 91.3 cm³/mol. The van der Waals surface area contributed by atoms with Crippen LogP contribution in [0.15, 0.2) is 22.7 Å². The molecule has 2 nitrogen and oxygen atoms in total. The lowest BCUT2D eigenvalue weighted by Gasteiger charge is -2.36. The van der Waals surface area contributed by atoms with E-state index in [4.69, 9.17) is 0 Å². The topological polar surface area (TPSA) is 15.3 Å². The summed E-state index contributed by atoms with van der Waals surface area (Å²) in [6.07, 6.45) is 6.81. The van der Waals surface area contributed by atoms with Crippen LogP contribution in [0.4, 0.5) is 5.69 Å². The van der Waals surface area contributed by atoms with Gasteiger partial charge in [-0.25, -0.2) is 0 Å². The van der Waals surface area contributed by atoms with E-state index in [2.05, 4.69) is 58.3 Å². The van der Waals surface area contributed by atoms with Crippen molar-refractivity contribution in [2.24, 2.45) is 5.92 Å². The van der Waals surface area contributed by atoms with E-state index >= 15 is 0 Å². The van der Waals surface area contributed by atoms with Crippen LogP contribution in [-0.2, 0) is 6.54 Å². The maximum Gasteiger partial charge on any atom is 0.0377 e. The molecule has 0 bridgehead atoms. The van der Waals surface area contributed by atoms with Gasteiger partial charge in [0.05, 0.1) is 0 Å². The quantitative estimate of drug-likeness (QED) is 0.845. The first-order valence-electron chi connectivity index (χ1n) is 7.81. The van der Waals surface area contributed by atoms with E-state index in [-0.39, 0.29) is 0 Å². The van der Waals surface area contributed by atoms with E-state index < -0.39 is 0 Å². The van der Waals surface area contributed by atoms with Crippen LogP contribution in [0.3, 0.4) is 0 Å². The summed E-state index contributed by atoms with van der Waals surface area (Å²) >= 11 is 3.69. The SMILES string of the molecule is CCC1CCC(N(C)c2ccc(CNC)c(Br)c2)CC1. The van der Waals surface area contributed by atoms with Gasteiger partial charge in [-0.1, -0.05) is 35.3 Å². The molecule has 0 spiro atoms. The molecule has 0 radical (unpaired) electrons. The molecule has 2 rings (SSSR count). The molecular weight excluding hydrogens is 312 g/mol. The third-order valence-corrected chi connectivity index (χ3v) is 5.49. The molecule has 0 atom stereocenters. The Kier molecular flexibility index (Phi) is 5.91. The lowest BCUT2D eigenvalue weighted by molar-refractivity contribution is 0.313. The Bertz CT molecular complexity index is 425. The second kappa shape index (κ2) is 7.46. The molecule has 1 N–H and O–H groups in total. The van der Waals surface area contributed by atoms with Crippen LogP contribution >= 0.6 is 15.9 Å². The molecule has 0 saturated heterocycles. The molecule has 0 aliphatic heterocycles. The molecule has 0 aromatic heterocycles. The fourth-order valence-corrected chi connectivity index (χ4v) is 3.75. The highest BCUT2D eigenvalue weighted by Crippen LogP contribution is 2.32. The van der Waals surface area contributed by atoms with E-state index in [1.165, 1.54) is 47.8 Å². The normalized spacial score (nSPS) is 22.8. The highest BCUT2D eigenvalue weighted by Gasteiger charge is 2.23. The van der Waals surface area contributed by atoms with Gasteiger partial charge in [0.1, 0.15) is 0 Å². The highest BCUT2D eigenvalue weighted by molar-refractivity contribution is 9.10. The number of rotatable bonds is 5. The summed E-state index contributed by atoms with van der Waals surface area (Å²) in [7, 11) is 4.23. The van der Waals surface area contributed by atoms with Gasteiger partial charge in [0.15, 0.2) is 0 Å². The Hall–Kier alpha value is -0.540. The molecule has 1 saturated carbocycles. The van der Waals surface area contributed by atoms with Gasteiger partial charge in [0, 0.05) is 29.8 Å². The van der Waals surface area contributed by atoms with Crippen molar-refractivity contribution in [2.45, 2.75) is 51.6 Å². The average molecular weight is 339 g/mol. The largest absolute Gasteiger partial charge is 0.372 e. The summed E-state index contributed by atoms with van der Waals surface area (Å²) in [5, 5.41) is 3.20. The van der Waals surface area contributed by atoms with Crippen molar-refractivity contribution in [2.75, 3.05) is 19.0 Å². The number of hydrogen-bond acceptors (Lipinski definition) is 2. The van der Waals surface area contributed by atoms with E-state index in [1.807, 2.05) is 7.05 Å². The summed E-state index contributed by atoms with van der Waals surface area (Å²) in [5.41, 5.74) is 2.65. The molecule has 0 amide bonds. The number of nitrogens with zero attached hydrogens (tertiary/aromatic N) is 1. The second-order valence-electron chi connectivity index (χ2n) is 6.00. The number of hydrogen-bond donors (Lipinski definition) is 1. The third-order valence-electron chi connectivity index (χ3n) is 4.75. The minimum Gasteiger partial charge on any atom is -0.372 e. The summed E-state index contributed by atoms with van der Waals surface area (Å²) < 4.78 is 1.21. The van der Waals surface area contributed by atoms with Crippen molar-refractivity contribution in [1.29, 1.82) is 0 Å². The van der Waals surface area contributed by atoms with Crippen molar-refractivity contribution in [3.05, 3.63) is 28.2 Å². The molecule has 3 heteroatoms. The van der Waals surface area contributed by atoms with Gasteiger partial charge < -0.3 is 10.2 Å². The monoisotopic (exact) mass is 338 g/mol. The fourth-order valence-electron chi connectivity index (χ4n) is 3.24. The van der Waals surface area contributed by atoms with Crippen LogP contribution in [0.25, 0.3) is 0 Å². The number of anilines is 1. The molecule has 1 fully saturated rings. The summed E-state index contributed by atoms with van der Waals surface area (Å²) in [4.78, 5) is 2.47. The maximum atomic E-state index is 3.69. The second-order valence-corrected chi connectivity index (χ2v) is 6.85. The van der Waals surface area contributed by atoms with Gasteiger partial charge in [0.25, 0.3) is 0 Å². The molecule has 1 aliphatic carbocycles. The van der Waals surface area contributed by atoms with Gasteiger partial charge in [-0.3, -0.25) is 0 Å². The van der Waals surface area contributed by atoms with Gasteiger partial charge >= 0.3 is 0 Å². The van der Waals surface area contributed by atoms with Gasteiger partial charge in [-0.15, -0.1) is 0 Å². The van der Waals surface area contributed by atoms with Crippen LogP contribution in [0.1, 0.15) is 44.6 Å². The molecule has 20 heavy (non-hydrogen) atoms. The Morgan fingerprint density at radius 2 is 1.95 bits per heavy atom. The van der Waals surface area contributed by atoms with E-state index in [9.17, 15) is 0 Å². The van der Waals surface area contributed by atoms with Crippen molar-refractivity contribution >= 4 is 21.6 Å². The van der Waals surface area contributed by atoms with E-state index in [0.717, 1.165) is 12.5 Å².